The van der Waals surface area contributed by atoms with E-state index in [1.54, 1.807) is 6.20 Å². The van der Waals surface area contributed by atoms with Crippen molar-refractivity contribution in [2.45, 2.75) is 18.8 Å². The molecule has 0 spiro atoms. The minimum Gasteiger partial charge on any atom is -0.249 e. The second-order valence-electron chi connectivity index (χ2n) is 2.77. The number of rotatable bonds is 1. The molecule has 1 aliphatic carbocycles. The Labute approximate surface area is 82.5 Å². The van der Waals surface area contributed by atoms with Gasteiger partial charge in [0.2, 0.25) is 0 Å². The van der Waals surface area contributed by atoms with E-state index in [0.29, 0.717) is 0 Å². The lowest BCUT2D eigenvalue weighted by molar-refractivity contribution is 1.05. The molecule has 58 valence electrons. The highest BCUT2D eigenvalue weighted by atomic mass is 79.9. The Balaban J connectivity index is 2.48. The molecule has 0 aromatic carbocycles. The van der Waals surface area contributed by atoms with Gasteiger partial charge in [0.15, 0.2) is 0 Å². The van der Waals surface area contributed by atoms with E-state index in [0.717, 1.165) is 10.5 Å². The minimum absolute atomic E-state index is 0.743. The normalized spacial score (nSPS) is 16.9. The van der Waals surface area contributed by atoms with Crippen molar-refractivity contribution in [3.8, 4) is 0 Å². The monoisotopic (exact) mass is 275 g/mol. The van der Waals surface area contributed by atoms with Gasteiger partial charge in [-0.3, -0.25) is 0 Å². The molecule has 1 aliphatic rings. The van der Waals surface area contributed by atoms with Gasteiger partial charge in [-0.25, -0.2) is 4.98 Å². The van der Waals surface area contributed by atoms with Gasteiger partial charge in [-0.15, -0.1) is 0 Å². The van der Waals surface area contributed by atoms with Gasteiger partial charge in [0.05, 0.1) is 0 Å². The van der Waals surface area contributed by atoms with Crippen LogP contribution in [0.3, 0.4) is 0 Å². The van der Waals surface area contributed by atoms with Crippen LogP contribution < -0.4 is 0 Å². The Bertz CT molecular complexity index is 261. The van der Waals surface area contributed by atoms with Crippen LogP contribution in [0.25, 0.3) is 0 Å². The average molecular weight is 277 g/mol. The SMILES string of the molecule is Brc1ccnc(Br)c1C1CC1. The first-order chi connectivity index (χ1) is 5.29. The Morgan fingerprint density at radius 3 is 2.64 bits per heavy atom. The van der Waals surface area contributed by atoms with Gasteiger partial charge < -0.3 is 0 Å². The molecule has 0 bridgehead atoms. The number of nitrogens with zero attached hydrogens (tertiary/aromatic N) is 1. The lowest BCUT2D eigenvalue weighted by Gasteiger charge is -2.02. The van der Waals surface area contributed by atoms with Crippen molar-refractivity contribution in [1.29, 1.82) is 0 Å². The summed E-state index contributed by atoms with van der Waals surface area (Å²) >= 11 is 6.96. The summed E-state index contributed by atoms with van der Waals surface area (Å²) in [5.74, 6) is 0.743. The average Bonchev–Trinajstić information content (AvgIpc) is 2.70. The molecule has 0 amide bonds. The highest BCUT2D eigenvalue weighted by Gasteiger charge is 2.27. The van der Waals surface area contributed by atoms with Gasteiger partial charge in [-0.05, 0) is 40.8 Å². The lowest BCUT2D eigenvalue weighted by Crippen LogP contribution is -1.86. The second-order valence-corrected chi connectivity index (χ2v) is 4.38. The maximum atomic E-state index is 4.19. The van der Waals surface area contributed by atoms with Crippen molar-refractivity contribution in [2.24, 2.45) is 0 Å². The van der Waals surface area contributed by atoms with E-state index in [2.05, 4.69) is 36.8 Å². The van der Waals surface area contributed by atoms with Crippen LogP contribution in [-0.4, -0.2) is 4.98 Å². The van der Waals surface area contributed by atoms with Crippen molar-refractivity contribution in [3.63, 3.8) is 0 Å². The lowest BCUT2D eigenvalue weighted by atomic mass is 10.2. The van der Waals surface area contributed by atoms with Crippen molar-refractivity contribution >= 4 is 31.9 Å². The highest BCUT2D eigenvalue weighted by molar-refractivity contribution is 9.11. The van der Waals surface area contributed by atoms with Crippen LogP contribution in [0.2, 0.25) is 0 Å². The van der Waals surface area contributed by atoms with E-state index < -0.39 is 0 Å². The van der Waals surface area contributed by atoms with Crippen LogP contribution in [-0.2, 0) is 0 Å². The molecular weight excluding hydrogens is 270 g/mol. The zero-order valence-corrected chi connectivity index (χ0v) is 9.02. The Kier molecular flexibility index (Phi) is 2.02. The van der Waals surface area contributed by atoms with Crippen LogP contribution >= 0.6 is 31.9 Å². The maximum absolute atomic E-state index is 4.19. The van der Waals surface area contributed by atoms with Gasteiger partial charge >= 0.3 is 0 Å². The van der Waals surface area contributed by atoms with E-state index in [1.807, 2.05) is 6.07 Å². The predicted octanol–water partition coefficient (Wildman–Crippen LogP) is 3.48. The summed E-state index contributed by atoms with van der Waals surface area (Å²) in [4.78, 5) is 4.19. The fraction of sp³-hybridized carbons (Fsp3) is 0.375. The van der Waals surface area contributed by atoms with Crippen LogP contribution in [0.5, 0.6) is 0 Å². The van der Waals surface area contributed by atoms with E-state index >= 15 is 0 Å². The van der Waals surface area contributed by atoms with Gasteiger partial charge in [-0.2, -0.15) is 0 Å². The molecule has 11 heavy (non-hydrogen) atoms. The van der Waals surface area contributed by atoms with Crippen LogP contribution in [0.1, 0.15) is 24.3 Å². The second kappa shape index (κ2) is 2.87. The topological polar surface area (TPSA) is 12.9 Å². The molecule has 0 unspecified atom stereocenters. The van der Waals surface area contributed by atoms with Crippen molar-refractivity contribution in [3.05, 3.63) is 26.9 Å². The van der Waals surface area contributed by atoms with Crippen LogP contribution in [0, 0.1) is 0 Å². The first-order valence-corrected chi connectivity index (χ1v) is 5.17. The summed E-state index contributed by atoms with van der Waals surface area (Å²) in [5, 5.41) is 0. The quantitative estimate of drug-likeness (QED) is 0.716. The van der Waals surface area contributed by atoms with Crippen LogP contribution in [0.15, 0.2) is 21.3 Å². The molecule has 0 radical (unpaired) electrons. The van der Waals surface area contributed by atoms with Gasteiger partial charge in [0.25, 0.3) is 0 Å². The Hall–Kier alpha value is 0.110. The molecular formula is C8H7Br2N. The molecule has 0 saturated heterocycles. The highest BCUT2D eigenvalue weighted by Crippen LogP contribution is 2.45. The maximum Gasteiger partial charge on any atom is 0.110 e. The predicted molar refractivity (Wildman–Crippen MR) is 51.6 cm³/mol. The number of aromatic nitrogens is 1. The number of hydrogen-bond donors (Lipinski definition) is 0. The van der Waals surface area contributed by atoms with Gasteiger partial charge in [0.1, 0.15) is 4.60 Å². The molecule has 1 aromatic rings. The van der Waals surface area contributed by atoms with E-state index in [1.165, 1.54) is 22.9 Å². The van der Waals surface area contributed by atoms with E-state index in [9.17, 15) is 0 Å². The molecule has 1 saturated carbocycles. The number of halogens is 2. The molecule has 1 heterocycles. The standard InChI is InChI=1S/C8H7Br2N/c9-6-3-4-11-8(10)7(6)5-1-2-5/h3-5H,1-2H2. The third-order valence-electron chi connectivity index (χ3n) is 1.87. The van der Waals surface area contributed by atoms with Crippen molar-refractivity contribution in [1.82, 2.24) is 4.98 Å². The minimum atomic E-state index is 0.743. The van der Waals surface area contributed by atoms with E-state index in [4.69, 9.17) is 0 Å². The largest absolute Gasteiger partial charge is 0.249 e. The fourth-order valence-electron chi connectivity index (χ4n) is 1.16. The molecule has 1 fully saturated rings. The summed E-state index contributed by atoms with van der Waals surface area (Å²) in [6.07, 6.45) is 4.42. The molecule has 0 atom stereocenters. The smallest absolute Gasteiger partial charge is 0.110 e. The number of hydrogen-bond acceptors (Lipinski definition) is 1. The summed E-state index contributed by atoms with van der Waals surface area (Å²) in [5.41, 5.74) is 1.34. The Morgan fingerprint density at radius 1 is 1.36 bits per heavy atom. The first kappa shape index (κ1) is 7.74. The molecule has 1 nitrogen and oxygen atoms in total. The van der Waals surface area contributed by atoms with Crippen molar-refractivity contribution < 1.29 is 0 Å². The summed E-state index contributed by atoms with van der Waals surface area (Å²) < 4.78 is 2.18. The third-order valence-corrected chi connectivity index (χ3v) is 3.20. The van der Waals surface area contributed by atoms with Crippen molar-refractivity contribution in [2.75, 3.05) is 0 Å². The van der Waals surface area contributed by atoms with E-state index in [-0.39, 0.29) is 0 Å². The summed E-state index contributed by atoms with van der Waals surface area (Å²) in [7, 11) is 0. The molecule has 1 aromatic heterocycles. The van der Waals surface area contributed by atoms with Gasteiger partial charge in [-0.1, -0.05) is 15.9 Å². The van der Waals surface area contributed by atoms with Gasteiger partial charge in [0, 0.05) is 16.2 Å². The zero-order valence-electron chi connectivity index (χ0n) is 5.85. The third kappa shape index (κ3) is 1.49. The molecule has 0 N–H and O–H groups in total. The summed E-state index contributed by atoms with van der Waals surface area (Å²) in [6.45, 7) is 0. The Morgan fingerprint density at radius 2 is 2.09 bits per heavy atom. The first-order valence-electron chi connectivity index (χ1n) is 3.59. The zero-order chi connectivity index (χ0) is 7.84. The summed E-state index contributed by atoms with van der Waals surface area (Å²) in [6, 6.07) is 2.00. The van der Waals surface area contributed by atoms with Crippen LogP contribution in [0.4, 0.5) is 0 Å². The molecule has 2 rings (SSSR count). The molecule has 0 aliphatic heterocycles. The molecule has 3 heteroatoms. The fourth-order valence-corrected chi connectivity index (χ4v) is 2.71. The number of pyridine rings is 1.